The molecule has 0 saturated heterocycles. The van der Waals surface area contributed by atoms with E-state index in [1.165, 1.54) is 12.1 Å². The van der Waals surface area contributed by atoms with E-state index >= 15 is 0 Å². The van der Waals surface area contributed by atoms with Gasteiger partial charge in [0.05, 0.1) is 11.0 Å². The molecule has 0 fully saturated rings. The minimum absolute atomic E-state index is 0.281. The summed E-state index contributed by atoms with van der Waals surface area (Å²) in [5.41, 5.74) is 10.8. The summed E-state index contributed by atoms with van der Waals surface area (Å²) in [5, 5.41) is 2.89. The van der Waals surface area contributed by atoms with Crippen molar-refractivity contribution in [1.29, 1.82) is 0 Å². The number of fused-ring (bicyclic) bond motifs is 2. The van der Waals surface area contributed by atoms with E-state index in [0.717, 1.165) is 11.1 Å². The number of aromatic nitrogens is 3. The molecule has 5 rings (SSSR count). The highest BCUT2D eigenvalue weighted by atomic mass is 19.1. The zero-order valence-electron chi connectivity index (χ0n) is 17.1. The topological polar surface area (TPSA) is 85.8 Å². The molecule has 0 unspecified atom stereocenters. The molecule has 5 aromatic rings. The summed E-state index contributed by atoms with van der Waals surface area (Å²) in [4.78, 5) is 22.7. The van der Waals surface area contributed by atoms with Crippen molar-refractivity contribution in [3.8, 4) is 0 Å². The average Bonchev–Trinajstić information content (AvgIpc) is 3.08. The van der Waals surface area contributed by atoms with Crippen molar-refractivity contribution in [1.82, 2.24) is 14.5 Å². The smallest absolute Gasteiger partial charge is 0.261 e. The van der Waals surface area contributed by atoms with Crippen LogP contribution in [0, 0.1) is 5.82 Å². The molecule has 0 aliphatic heterocycles. The fourth-order valence-corrected chi connectivity index (χ4v) is 3.77. The molecule has 3 N–H and O–H groups in total. The first-order chi connectivity index (χ1) is 15.6. The molecule has 0 radical (unpaired) electrons. The third-order valence-electron chi connectivity index (χ3n) is 5.39. The van der Waals surface area contributed by atoms with Crippen LogP contribution in [0.3, 0.4) is 0 Å². The molecule has 0 aliphatic rings. The van der Waals surface area contributed by atoms with Gasteiger partial charge >= 0.3 is 0 Å². The summed E-state index contributed by atoms with van der Waals surface area (Å²) >= 11 is 0. The minimum atomic E-state index is -0.344. The highest BCUT2D eigenvalue weighted by Crippen LogP contribution is 2.29. The number of anilines is 2. The zero-order valence-corrected chi connectivity index (χ0v) is 17.1. The van der Waals surface area contributed by atoms with Crippen molar-refractivity contribution in [2.24, 2.45) is 0 Å². The van der Waals surface area contributed by atoms with Crippen molar-refractivity contribution in [2.75, 3.05) is 11.1 Å². The summed E-state index contributed by atoms with van der Waals surface area (Å²) in [5.74, 6) is -0.327. The van der Waals surface area contributed by atoms with Crippen LogP contribution in [0.1, 0.15) is 15.9 Å². The molecular formula is C25H20FN5O. The third-order valence-corrected chi connectivity index (χ3v) is 5.39. The first kappa shape index (κ1) is 19.7. The van der Waals surface area contributed by atoms with E-state index in [0.29, 0.717) is 46.7 Å². The van der Waals surface area contributed by atoms with Gasteiger partial charge in [0.2, 0.25) is 0 Å². The zero-order chi connectivity index (χ0) is 22.1. The van der Waals surface area contributed by atoms with Crippen LogP contribution in [0.4, 0.5) is 15.9 Å². The molecule has 3 aromatic carbocycles. The van der Waals surface area contributed by atoms with Crippen molar-refractivity contribution in [2.45, 2.75) is 13.0 Å². The summed E-state index contributed by atoms with van der Waals surface area (Å²) in [6.45, 7) is 0.472. The lowest BCUT2D eigenvalue weighted by molar-refractivity contribution is 0.102. The molecule has 0 spiro atoms. The number of nitrogen functional groups attached to an aromatic ring is 1. The Morgan fingerprint density at radius 3 is 2.28 bits per heavy atom. The summed E-state index contributed by atoms with van der Waals surface area (Å²) < 4.78 is 15.1. The second kappa shape index (κ2) is 8.11. The second-order valence-electron chi connectivity index (χ2n) is 7.49. The summed E-state index contributed by atoms with van der Waals surface area (Å²) in [7, 11) is 0. The van der Waals surface area contributed by atoms with Crippen LogP contribution in [0.15, 0.2) is 78.9 Å². The van der Waals surface area contributed by atoms with Gasteiger partial charge in [-0.3, -0.25) is 4.79 Å². The standard InChI is InChI=1S/C25H20FN5O/c26-17-12-10-16(11-13-17)14-15-31-23(27)21(25(32)28-18-6-2-1-3-7-18)22-24(31)30-20-9-5-4-8-19(20)29-22/h1-13H,14-15,27H2,(H,28,32). The average molecular weight is 425 g/mol. The molecule has 0 aliphatic carbocycles. The molecule has 2 aromatic heterocycles. The van der Waals surface area contributed by atoms with Gasteiger partial charge in [0.15, 0.2) is 5.65 Å². The monoisotopic (exact) mass is 425 g/mol. The molecule has 0 saturated carbocycles. The maximum Gasteiger partial charge on any atom is 0.261 e. The van der Waals surface area contributed by atoms with Crippen molar-refractivity contribution in [3.05, 3.63) is 95.8 Å². The third kappa shape index (κ3) is 3.65. The molecule has 6 nitrogen and oxygen atoms in total. The lowest BCUT2D eigenvalue weighted by Gasteiger charge is -2.08. The number of nitrogens with zero attached hydrogens (tertiary/aromatic N) is 3. The van der Waals surface area contributed by atoms with Crippen molar-refractivity contribution >= 4 is 39.6 Å². The predicted octanol–water partition coefficient (Wildman–Crippen LogP) is 4.80. The Morgan fingerprint density at radius 1 is 0.906 bits per heavy atom. The van der Waals surface area contributed by atoms with Crippen LogP contribution in [-0.2, 0) is 13.0 Å². The number of benzene rings is 3. The molecule has 1 amide bonds. The Kier molecular flexibility index (Phi) is 4.99. The lowest BCUT2D eigenvalue weighted by Crippen LogP contribution is -2.15. The highest BCUT2D eigenvalue weighted by Gasteiger charge is 2.24. The first-order valence-corrected chi connectivity index (χ1v) is 10.3. The van der Waals surface area contributed by atoms with E-state index in [9.17, 15) is 9.18 Å². The van der Waals surface area contributed by atoms with Gasteiger partial charge in [-0.25, -0.2) is 14.4 Å². The van der Waals surface area contributed by atoms with Crippen LogP contribution < -0.4 is 11.1 Å². The Bertz CT molecular complexity index is 1430. The quantitative estimate of drug-likeness (QED) is 0.424. The molecule has 0 bridgehead atoms. The first-order valence-electron chi connectivity index (χ1n) is 10.3. The van der Waals surface area contributed by atoms with Gasteiger partial charge in [0, 0.05) is 12.2 Å². The summed E-state index contributed by atoms with van der Waals surface area (Å²) in [6, 6.07) is 23.0. The molecule has 0 atom stereocenters. The van der Waals surface area contributed by atoms with Crippen LogP contribution in [-0.4, -0.2) is 20.4 Å². The van der Waals surface area contributed by atoms with Crippen LogP contribution >= 0.6 is 0 Å². The number of aryl methyl sites for hydroxylation is 2. The number of hydrogen-bond acceptors (Lipinski definition) is 4. The lowest BCUT2D eigenvalue weighted by atomic mass is 10.1. The number of carbonyl (C=O) groups is 1. The highest BCUT2D eigenvalue weighted by molar-refractivity contribution is 6.16. The van der Waals surface area contributed by atoms with Crippen LogP contribution in [0.25, 0.3) is 22.2 Å². The van der Waals surface area contributed by atoms with Gasteiger partial charge in [0.1, 0.15) is 22.7 Å². The van der Waals surface area contributed by atoms with Gasteiger partial charge in [0.25, 0.3) is 5.91 Å². The Hall–Kier alpha value is -4.26. The molecular weight excluding hydrogens is 405 g/mol. The second-order valence-corrected chi connectivity index (χ2v) is 7.49. The van der Waals surface area contributed by atoms with E-state index in [1.54, 1.807) is 16.7 Å². The fourth-order valence-electron chi connectivity index (χ4n) is 3.77. The van der Waals surface area contributed by atoms with Gasteiger partial charge in [-0.15, -0.1) is 0 Å². The van der Waals surface area contributed by atoms with E-state index in [1.807, 2.05) is 54.6 Å². The minimum Gasteiger partial charge on any atom is -0.384 e. The van der Waals surface area contributed by atoms with Crippen LogP contribution in [0.5, 0.6) is 0 Å². The van der Waals surface area contributed by atoms with Crippen molar-refractivity contribution in [3.63, 3.8) is 0 Å². The van der Waals surface area contributed by atoms with E-state index < -0.39 is 0 Å². The number of para-hydroxylation sites is 3. The number of halogens is 1. The summed E-state index contributed by atoms with van der Waals surface area (Å²) in [6.07, 6.45) is 0.600. The largest absolute Gasteiger partial charge is 0.384 e. The molecule has 7 heteroatoms. The van der Waals surface area contributed by atoms with E-state index in [-0.39, 0.29) is 11.7 Å². The van der Waals surface area contributed by atoms with Gasteiger partial charge in [-0.1, -0.05) is 42.5 Å². The number of nitrogens with two attached hydrogens (primary N) is 1. The number of nitrogens with one attached hydrogen (secondary N) is 1. The van der Waals surface area contributed by atoms with Gasteiger partial charge < -0.3 is 15.6 Å². The molecule has 2 heterocycles. The predicted molar refractivity (Wildman–Crippen MR) is 124 cm³/mol. The maximum absolute atomic E-state index is 13.3. The SMILES string of the molecule is Nc1c(C(=O)Nc2ccccc2)c2nc3ccccc3nc2n1CCc1ccc(F)cc1. The number of hydrogen-bond donors (Lipinski definition) is 2. The fraction of sp³-hybridized carbons (Fsp3) is 0.0800. The normalized spacial score (nSPS) is 11.2. The van der Waals surface area contributed by atoms with E-state index in [2.05, 4.69) is 5.32 Å². The van der Waals surface area contributed by atoms with Crippen LogP contribution in [0.2, 0.25) is 0 Å². The van der Waals surface area contributed by atoms with E-state index in [4.69, 9.17) is 15.7 Å². The Morgan fingerprint density at radius 2 is 1.56 bits per heavy atom. The Balaban J connectivity index is 1.60. The van der Waals surface area contributed by atoms with Gasteiger partial charge in [-0.2, -0.15) is 0 Å². The Labute approximate surface area is 183 Å². The maximum atomic E-state index is 13.3. The van der Waals surface area contributed by atoms with Crippen molar-refractivity contribution < 1.29 is 9.18 Å². The number of rotatable bonds is 5. The molecule has 158 valence electrons. The number of carbonyl (C=O) groups excluding carboxylic acids is 1. The molecule has 32 heavy (non-hydrogen) atoms. The number of amides is 1. The van der Waals surface area contributed by atoms with Gasteiger partial charge in [-0.05, 0) is 48.4 Å².